The number of hydrogen-bond acceptors (Lipinski definition) is 3. The van der Waals surface area contributed by atoms with Crippen molar-refractivity contribution in [3.05, 3.63) is 158 Å². The van der Waals surface area contributed by atoms with Crippen LogP contribution in [-0.2, 0) is 4.79 Å². The Balaban J connectivity index is 3.67. The summed E-state index contributed by atoms with van der Waals surface area (Å²) in [5.41, 5.74) is 0. The highest BCUT2D eigenvalue weighted by Crippen LogP contribution is 2.16. The SMILES string of the molecule is CC/C=C\C/C=C\C/C=C\C/C=C\C/C=C\C/C=C\C/C=C\C/C=C\C/C=C\C/C=C\C/C=C\C/C=C\CCCCCCC(=O)NC(CO)C(O)/C=C/CCCCCCCCCCCCCCCCCCCCCCCC. The molecule has 0 aliphatic carbocycles. The molecule has 4 heteroatoms. The van der Waals surface area contributed by atoms with Gasteiger partial charge >= 0.3 is 0 Å². The molecule has 0 saturated carbocycles. The highest BCUT2D eigenvalue weighted by Gasteiger charge is 2.18. The number of nitrogens with one attached hydrogen (secondary N) is 1. The van der Waals surface area contributed by atoms with E-state index in [2.05, 4.69) is 165 Å². The molecule has 4 nitrogen and oxygen atoms in total. The van der Waals surface area contributed by atoms with Crippen molar-refractivity contribution in [3.63, 3.8) is 0 Å². The second-order valence-corrected chi connectivity index (χ2v) is 21.1. The quantitative estimate of drug-likeness (QED) is 0.0420. The van der Waals surface area contributed by atoms with Gasteiger partial charge in [0.2, 0.25) is 5.91 Å². The third kappa shape index (κ3) is 62.7. The first-order chi connectivity index (χ1) is 38.2. The summed E-state index contributed by atoms with van der Waals surface area (Å²) >= 11 is 0. The predicted octanol–water partition coefficient (Wildman–Crippen LogP) is 22.1. The molecule has 2 unspecified atom stereocenters. The molecule has 0 radical (unpaired) electrons. The van der Waals surface area contributed by atoms with Gasteiger partial charge in [-0.1, -0.05) is 320 Å². The number of amides is 1. The van der Waals surface area contributed by atoms with Crippen LogP contribution < -0.4 is 5.32 Å². The first-order valence-corrected chi connectivity index (χ1v) is 32.2. The molecule has 0 saturated heterocycles. The molecule has 2 atom stereocenters. The molecule has 0 heterocycles. The number of hydrogen-bond donors (Lipinski definition) is 3. The molecule has 0 aromatic carbocycles. The maximum Gasteiger partial charge on any atom is 0.220 e. The lowest BCUT2D eigenvalue weighted by molar-refractivity contribution is -0.123. The van der Waals surface area contributed by atoms with Crippen molar-refractivity contribution in [2.75, 3.05) is 6.61 Å². The summed E-state index contributed by atoms with van der Waals surface area (Å²) in [6, 6.07) is -0.649. The molecule has 3 N–H and O–H groups in total. The number of carbonyl (C=O) groups is 1. The minimum Gasteiger partial charge on any atom is -0.394 e. The standard InChI is InChI=1S/C73H121NO3/c1-3-5-7-9-11-13-15-17-19-21-23-25-27-29-30-31-32-33-34-35-36-37-38-39-40-41-42-43-44-45-47-49-51-53-55-57-59-61-63-65-67-69-73(77)74-71(70-75)72(76)68-66-64-62-60-58-56-54-52-50-48-46-28-26-24-22-20-18-16-14-12-10-8-6-4-2/h5,7,11,13,17,19,23,25,29-30,32-33,35-36,38-39,41-42,44-45,49,51,55,57,66,68,71-72,75-76H,3-4,6,8-10,12,14-16,18,20-22,24,26-28,31,34,37,40,43,46-48,50,52-54,56,58-65,67,69-70H2,1-2H3,(H,74,77)/b7-5-,13-11-,19-17-,25-23-,30-29-,33-32-,36-35-,39-38-,42-41-,45-44-,51-49-,57-55-,68-66+. The van der Waals surface area contributed by atoms with E-state index in [9.17, 15) is 15.0 Å². The van der Waals surface area contributed by atoms with Crippen LogP contribution in [0.25, 0.3) is 0 Å². The predicted molar refractivity (Wildman–Crippen MR) is 344 cm³/mol. The van der Waals surface area contributed by atoms with Crippen LogP contribution in [0.4, 0.5) is 0 Å². The minimum absolute atomic E-state index is 0.0923. The number of unbranched alkanes of at least 4 members (excludes halogenated alkanes) is 26. The van der Waals surface area contributed by atoms with E-state index < -0.39 is 12.1 Å². The van der Waals surface area contributed by atoms with Crippen molar-refractivity contribution in [3.8, 4) is 0 Å². The summed E-state index contributed by atoms with van der Waals surface area (Å²) in [7, 11) is 0. The topological polar surface area (TPSA) is 69.6 Å². The van der Waals surface area contributed by atoms with Crippen LogP contribution >= 0.6 is 0 Å². The maximum atomic E-state index is 12.5. The van der Waals surface area contributed by atoms with Crippen molar-refractivity contribution in [2.45, 2.75) is 289 Å². The van der Waals surface area contributed by atoms with Crippen molar-refractivity contribution in [2.24, 2.45) is 0 Å². The second kappa shape index (κ2) is 66.3. The van der Waals surface area contributed by atoms with Gasteiger partial charge in [0.1, 0.15) is 0 Å². The van der Waals surface area contributed by atoms with Crippen molar-refractivity contribution >= 4 is 5.91 Å². The zero-order valence-corrected chi connectivity index (χ0v) is 50.2. The third-order valence-corrected chi connectivity index (χ3v) is 13.8. The Bertz CT molecular complexity index is 1630. The Labute approximate surface area is 477 Å². The van der Waals surface area contributed by atoms with Gasteiger partial charge in [0.25, 0.3) is 0 Å². The molecule has 0 fully saturated rings. The van der Waals surface area contributed by atoms with Crippen LogP contribution in [0.2, 0.25) is 0 Å². The fourth-order valence-corrected chi connectivity index (χ4v) is 8.93. The number of aliphatic hydroxyl groups excluding tert-OH is 2. The van der Waals surface area contributed by atoms with Crippen molar-refractivity contribution in [1.29, 1.82) is 0 Å². The normalized spacial score (nSPS) is 13.9. The lowest BCUT2D eigenvalue weighted by Gasteiger charge is -2.20. The van der Waals surface area contributed by atoms with Crippen LogP contribution in [0.3, 0.4) is 0 Å². The largest absolute Gasteiger partial charge is 0.394 e. The van der Waals surface area contributed by atoms with Gasteiger partial charge in [0.15, 0.2) is 0 Å². The minimum atomic E-state index is -0.863. The molecular weight excluding hydrogens is 939 g/mol. The van der Waals surface area contributed by atoms with Gasteiger partial charge in [-0.2, -0.15) is 0 Å². The highest BCUT2D eigenvalue weighted by atomic mass is 16.3. The van der Waals surface area contributed by atoms with E-state index >= 15 is 0 Å². The summed E-state index contributed by atoms with van der Waals surface area (Å²) < 4.78 is 0. The van der Waals surface area contributed by atoms with E-state index in [1.807, 2.05) is 6.08 Å². The van der Waals surface area contributed by atoms with E-state index in [0.717, 1.165) is 122 Å². The summed E-state index contributed by atoms with van der Waals surface area (Å²) in [5, 5.41) is 23.2. The summed E-state index contributed by atoms with van der Waals surface area (Å²) in [6.45, 7) is 4.19. The van der Waals surface area contributed by atoms with Gasteiger partial charge < -0.3 is 15.5 Å². The average Bonchev–Trinajstić information content (AvgIpc) is 3.43. The highest BCUT2D eigenvalue weighted by molar-refractivity contribution is 5.76. The number of aliphatic hydroxyl groups is 2. The second-order valence-electron chi connectivity index (χ2n) is 21.1. The van der Waals surface area contributed by atoms with Gasteiger partial charge in [0, 0.05) is 6.42 Å². The third-order valence-electron chi connectivity index (χ3n) is 13.8. The van der Waals surface area contributed by atoms with E-state index in [1.54, 1.807) is 6.08 Å². The van der Waals surface area contributed by atoms with Gasteiger partial charge in [-0.25, -0.2) is 0 Å². The van der Waals surface area contributed by atoms with Crippen LogP contribution in [-0.4, -0.2) is 34.9 Å². The van der Waals surface area contributed by atoms with E-state index in [-0.39, 0.29) is 12.5 Å². The van der Waals surface area contributed by atoms with E-state index in [4.69, 9.17) is 0 Å². The lowest BCUT2D eigenvalue weighted by atomic mass is 10.0. The van der Waals surface area contributed by atoms with E-state index in [0.29, 0.717) is 6.42 Å². The Morgan fingerprint density at radius 1 is 0.325 bits per heavy atom. The zero-order chi connectivity index (χ0) is 55.5. The maximum absolute atomic E-state index is 12.5. The van der Waals surface area contributed by atoms with Crippen LogP contribution in [0.15, 0.2) is 158 Å². The molecule has 1 amide bonds. The Kier molecular flexibility index (Phi) is 62.9. The van der Waals surface area contributed by atoms with Crippen LogP contribution in [0.1, 0.15) is 277 Å². The molecule has 0 aromatic heterocycles. The smallest absolute Gasteiger partial charge is 0.220 e. The fourth-order valence-electron chi connectivity index (χ4n) is 8.93. The number of rotatable bonds is 57. The Hall–Kier alpha value is -3.99. The van der Waals surface area contributed by atoms with Gasteiger partial charge in [0.05, 0.1) is 18.8 Å². The van der Waals surface area contributed by atoms with Gasteiger partial charge in [-0.05, 0) is 109 Å². The number of carbonyl (C=O) groups excluding carboxylic acids is 1. The summed E-state index contributed by atoms with van der Waals surface area (Å²) in [6.07, 6.45) is 106. The lowest BCUT2D eigenvalue weighted by Crippen LogP contribution is -2.45. The zero-order valence-electron chi connectivity index (χ0n) is 50.2. The summed E-state index contributed by atoms with van der Waals surface area (Å²) in [4.78, 5) is 12.5. The van der Waals surface area contributed by atoms with E-state index in [1.165, 1.54) is 135 Å². The monoisotopic (exact) mass is 1060 g/mol. The van der Waals surface area contributed by atoms with Crippen molar-refractivity contribution < 1.29 is 15.0 Å². The fraction of sp³-hybridized carbons (Fsp3) is 0.630. The van der Waals surface area contributed by atoms with Crippen molar-refractivity contribution in [1.82, 2.24) is 5.32 Å². The van der Waals surface area contributed by atoms with Gasteiger partial charge in [-0.15, -0.1) is 0 Å². The molecule has 0 spiro atoms. The molecule has 436 valence electrons. The molecule has 0 aliphatic heterocycles. The number of allylic oxidation sites excluding steroid dienone is 25. The molecule has 0 aliphatic rings. The average molecular weight is 1060 g/mol. The summed E-state index contributed by atoms with van der Waals surface area (Å²) in [5.74, 6) is -0.0923. The molecule has 0 aromatic rings. The molecule has 0 bridgehead atoms. The Morgan fingerprint density at radius 2 is 0.571 bits per heavy atom. The van der Waals surface area contributed by atoms with Gasteiger partial charge in [-0.3, -0.25) is 4.79 Å². The Morgan fingerprint density at radius 3 is 0.857 bits per heavy atom. The molecule has 0 rings (SSSR count). The van der Waals surface area contributed by atoms with Crippen LogP contribution in [0, 0.1) is 0 Å². The first-order valence-electron chi connectivity index (χ1n) is 32.2. The first kappa shape index (κ1) is 73.0. The molecule has 77 heavy (non-hydrogen) atoms. The van der Waals surface area contributed by atoms with Crippen LogP contribution in [0.5, 0.6) is 0 Å². The molecular formula is C73H121NO3.